The molecular formula is C13H7FN2O. The molecule has 0 aliphatic rings. The third-order valence-corrected chi connectivity index (χ3v) is 1.98. The average Bonchev–Trinajstić information content (AvgIpc) is 2.35. The number of allylic oxidation sites excluding steroid dienone is 1. The van der Waals surface area contributed by atoms with Gasteiger partial charge >= 0.3 is 0 Å². The van der Waals surface area contributed by atoms with Crippen molar-refractivity contribution in [2.75, 3.05) is 7.11 Å². The van der Waals surface area contributed by atoms with Crippen molar-refractivity contribution in [2.45, 2.75) is 0 Å². The molecule has 82 valence electrons. The molecule has 0 aliphatic carbocycles. The summed E-state index contributed by atoms with van der Waals surface area (Å²) in [5.41, 5.74) is 0.445. The second-order valence-electron chi connectivity index (χ2n) is 3.01. The van der Waals surface area contributed by atoms with Gasteiger partial charge in [-0.1, -0.05) is 5.92 Å². The van der Waals surface area contributed by atoms with Crippen molar-refractivity contribution >= 4 is 6.08 Å². The fraction of sp³-hybridized carbons (Fsp3) is 0.0769. The average molecular weight is 226 g/mol. The van der Waals surface area contributed by atoms with E-state index in [1.54, 1.807) is 12.1 Å². The van der Waals surface area contributed by atoms with E-state index in [0.29, 0.717) is 5.56 Å². The Morgan fingerprint density at radius 3 is 2.53 bits per heavy atom. The van der Waals surface area contributed by atoms with Gasteiger partial charge in [0.1, 0.15) is 17.7 Å². The predicted octanol–water partition coefficient (Wildman–Crippen LogP) is 2.25. The molecule has 17 heavy (non-hydrogen) atoms. The Morgan fingerprint density at radius 1 is 1.41 bits per heavy atom. The van der Waals surface area contributed by atoms with Gasteiger partial charge in [-0.05, 0) is 23.8 Å². The number of terminal acetylenes is 1. The highest BCUT2D eigenvalue weighted by molar-refractivity contribution is 5.65. The highest BCUT2D eigenvalue weighted by Crippen LogP contribution is 2.24. The summed E-state index contributed by atoms with van der Waals surface area (Å²) < 4.78 is 18.4. The molecule has 0 heterocycles. The number of benzene rings is 1. The molecule has 4 heteroatoms. The van der Waals surface area contributed by atoms with Crippen LogP contribution in [-0.2, 0) is 0 Å². The Hall–Kier alpha value is -2.77. The first-order valence-electron chi connectivity index (χ1n) is 4.52. The Morgan fingerprint density at radius 2 is 2.06 bits per heavy atom. The van der Waals surface area contributed by atoms with E-state index in [-0.39, 0.29) is 16.9 Å². The molecule has 1 aromatic carbocycles. The smallest absolute Gasteiger partial charge is 0.170 e. The lowest BCUT2D eigenvalue weighted by Gasteiger charge is -2.06. The number of ether oxygens (including phenoxy) is 1. The molecule has 0 aromatic heterocycles. The summed E-state index contributed by atoms with van der Waals surface area (Å²) in [6.07, 6.45) is 6.47. The first-order valence-corrected chi connectivity index (χ1v) is 4.52. The lowest BCUT2D eigenvalue weighted by molar-refractivity contribution is 0.385. The lowest BCUT2D eigenvalue weighted by Crippen LogP contribution is -1.93. The van der Waals surface area contributed by atoms with Gasteiger partial charge < -0.3 is 4.74 Å². The van der Waals surface area contributed by atoms with Crippen LogP contribution in [0.15, 0.2) is 17.7 Å². The van der Waals surface area contributed by atoms with E-state index in [1.165, 1.54) is 19.3 Å². The number of methoxy groups -OCH3 is 1. The molecule has 0 amide bonds. The molecule has 1 rings (SSSR count). The summed E-state index contributed by atoms with van der Waals surface area (Å²) in [7, 11) is 1.31. The van der Waals surface area contributed by atoms with Crippen molar-refractivity contribution in [3.63, 3.8) is 0 Å². The van der Waals surface area contributed by atoms with Crippen LogP contribution in [0.5, 0.6) is 5.75 Å². The Bertz CT molecular complexity index is 582. The molecule has 0 atom stereocenters. The van der Waals surface area contributed by atoms with Crippen LogP contribution in [0.25, 0.3) is 6.08 Å². The van der Waals surface area contributed by atoms with E-state index < -0.39 is 5.82 Å². The second-order valence-corrected chi connectivity index (χ2v) is 3.01. The predicted molar refractivity (Wildman–Crippen MR) is 60.1 cm³/mol. The number of nitriles is 2. The van der Waals surface area contributed by atoms with Gasteiger partial charge in [-0.25, -0.2) is 4.39 Å². The molecule has 0 radical (unpaired) electrons. The Kier molecular flexibility index (Phi) is 3.87. The van der Waals surface area contributed by atoms with E-state index >= 15 is 0 Å². The summed E-state index contributed by atoms with van der Waals surface area (Å²) >= 11 is 0. The zero-order valence-electron chi connectivity index (χ0n) is 8.99. The Labute approximate surface area is 98.4 Å². The van der Waals surface area contributed by atoms with E-state index in [9.17, 15) is 4.39 Å². The van der Waals surface area contributed by atoms with Gasteiger partial charge in [0.05, 0.1) is 12.7 Å². The molecule has 0 saturated carbocycles. The molecule has 0 aliphatic heterocycles. The van der Waals surface area contributed by atoms with Gasteiger partial charge in [0.25, 0.3) is 0 Å². The van der Waals surface area contributed by atoms with Crippen molar-refractivity contribution in [3.8, 4) is 30.2 Å². The highest BCUT2D eigenvalue weighted by Gasteiger charge is 2.09. The quantitative estimate of drug-likeness (QED) is 0.574. The highest BCUT2D eigenvalue weighted by atomic mass is 19.1. The molecule has 0 bridgehead atoms. The third-order valence-electron chi connectivity index (χ3n) is 1.98. The van der Waals surface area contributed by atoms with Gasteiger partial charge in [0, 0.05) is 0 Å². The largest absolute Gasteiger partial charge is 0.492 e. The molecule has 0 saturated heterocycles. The summed E-state index contributed by atoms with van der Waals surface area (Å²) in [5, 5.41) is 17.2. The van der Waals surface area contributed by atoms with Crippen LogP contribution >= 0.6 is 0 Å². The van der Waals surface area contributed by atoms with E-state index in [1.807, 2.05) is 0 Å². The molecular weight excluding hydrogens is 219 g/mol. The van der Waals surface area contributed by atoms with Crippen molar-refractivity contribution < 1.29 is 9.13 Å². The van der Waals surface area contributed by atoms with Crippen LogP contribution in [0.2, 0.25) is 0 Å². The maximum Gasteiger partial charge on any atom is 0.170 e. The van der Waals surface area contributed by atoms with Gasteiger partial charge in [-0.3, -0.25) is 0 Å². The number of hydrogen-bond donors (Lipinski definition) is 0. The molecule has 0 fully saturated rings. The molecule has 0 spiro atoms. The van der Waals surface area contributed by atoms with Crippen LogP contribution < -0.4 is 4.74 Å². The maximum absolute atomic E-state index is 13.5. The monoisotopic (exact) mass is 226 g/mol. The minimum atomic E-state index is -0.635. The SMILES string of the molecule is C#Cc1cc(C=C(C#N)C#N)cc(F)c1OC. The number of hydrogen-bond acceptors (Lipinski definition) is 3. The summed E-state index contributed by atoms with van der Waals surface area (Å²) in [4.78, 5) is 0. The van der Waals surface area contributed by atoms with Gasteiger partial charge in [0.2, 0.25) is 0 Å². The van der Waals surface area contributed by atoms with E-state index in [4.69, 9.17) is 21.7 Å². The minimum absolute atomic E-state index is 0.0277. The second kappa shape index (κ2) is 5.35. The minimum Gasteiger partial charge on any atom is -0.492 e. The van der Waals surface area contributed by atoms with Crippen molar-refractivity contribution in [3.05, 3.63) is 34.6 Å². The maximum atomic E-state index is 13.5. The molecule has 3 nitrogen and oxygen atoms in total. The zero-order chi connectivity index (χ0) is 12.8. The van der Waals surface area contributed by atoms with E-state index in [2.05, 4.69) is 5.92 Å². The number of rotatable bonds is 2. The van der Waals surface area contributed by atoms with Crippen LogP contribution in [0.4, 0.5) is 4.39 Å². The summed E-state index contributed by atoms with van der Waals surface area (Å²) in [6, 6.07) is 5.98. The normalized spacial score (nSPS) is 8.41. The van der Waals surface area contributed by atoms with Crippen LogP contribution in [0.3, 0.4) is 0 Å². The first kappa shape index (κ1) is 12.3. The fourth-order valence-corrected chi connectivity index (χ4v) is 1.27. The Balaban J connectivity index is 3.39. The topological polar surface area (TPSA) is 56.8 Å². The van der Waals surface area contributed by atoms with Crippen molar-refractivity contribution in [1.29, 1.82) is 10.5 Å². The number of nitrogens with zero attached hydrogens (tertiary/aromatic N) is 2. The fourth-order valence-electron chi connectivity index (χ4n) is 1.27. The third kappa shape index (κ3) is 2.62. The van der Waals surface area contributed by atoms with Crippen LogP contribution in [0.1, 0.15) is 11.1 Å². The summed E-state index contributed by atoms with van der Waals surface area (Å²) in [6.45, 7) is 0. The molecule has 0 N–H and O–H groups in total. The summed E-state index contributed by atoms with van der Waals surface area (Å²) in [5.74, 6) is 1.61. The number of halogens is 1. The van der Waals surface area contributed by atoms with Crippen molar-refractivity contribution in [2.24, 2.45) is 0 Å². The van der Waals surface area contributed by atoms with Gasteiger partial charge in [-0.15, -0.1) is 6.42 Å². The van der Waals surface area contributed by atoms with E-state index in [0.717, 1.165) is 6.07 Å². The molecule has 1 aromatic rings. The van der Waals surface area contributed by atoms with Crippen molar-refractivity contribution in [1.82, 2.24) is 0 Å². The zero-order valence-corrected chi connectivity index (χ0v) is 8.99. The first-order chi connectivity index (χ1) is 8.15. The van der Waals surface area contributed by atoms with Gasteiger partial charge in [-0.2, -0.15) is 10.5 Å². The lowest BCUT2D eigenvalue weighted by atomic mass is 10.1. The standard InChI is InChI=1S/C13H7FN2O/c1-3-11-5-9(4-10(7-15)8-16)6-12(14)13(11)17-2/h1,4-6H,2H3. The van der Waals surface area contributed by atoms with Crippen LogP contribution in [0, 0.1) is 40.8 Å². The molecule has 0 unspecified atom stereocenters. The van der Waals surface area contributed by atoms with Crippen LogP contribution in [-0.4, -0.2) is 7.11 Å². The van der Waals surface area contributed by atoms with Gasteiger partial charge in [0.15, 0.2) is 11.6 Å².